The van der Waals surface area contributed by atoms with Crippen LogP contribution in [-0.2, 0) is 32.1 Å². The lowest BCUT2D eigenvalue weighted by molar-refractivity contribution is -0.159. The lowest BCUT2D eigenvalue weighted by Gasteiger charge is -2.39. The van der Waals surface area contributed by atoms with Gasteiger partial charge in [-0.3, -0.25) is 0 Å². The average Bonchev–Trinajstić information content (AvgIpc) is 2.84. The summed E-state index contributed by atoms with van der Waals surface area (Å²) in [5.41, 5.74) is 5.02. The molecule has 8 nitrogen and oxygen atoms in total. The second-order valence-electron chi connectivity index (χ2n) is 8.57. The van der Waals surface area contributed by atoms with Crippen molar-refractivity contribution in [3.63, 3.8) is 0 Å². The van der Waals surface area contributed by atoms with Gasteiger partial charge in [0.1, 0.15) is 12.3 Å². The number of nitrogens with one attached hydrogen (secondary N) is 1. The predicted octanol–water partition coefficient (Wildman–Crippen LogP) is 2.84. The predicted molar refractivity (Wildman–Crippen MR) is 120 cm³/mol. The molecule has 2 atom stereocenters. The minimum atomic E-state index is -0.713. The Hall–Kier alpha value is -2.45. The summed E-state index contributed by atoms with van der Waals surface area (Å²) < 4.78 is 5.35. The molecule has 2 aliphatic rings. The van der Waals surface area contributed by atoms with Gasteiger partial charge in [0, 0.05) is 45.6 Å². The minimum absolute atomic E-state index is 0.172. The van der Waals surface area contributed by atoms with Gasteiger partial charge >= 0.3 is 12.0 Å². The zero-order valence-electron chi connectivity index (χ0n) is 19.1. The molecule has 8 heteroatoms. The van der Waals surface area contributed by atoms with Crippen LogP contribution in [0.3, 0.4) is 0 Å². The van der Waals surface area contributed by atoms with E-state index in [4.69, 9.17) is 9.57 Å². The van der Waals surface area contributed by atoms with Crippen LogP contribution in [0.25, 0.3) is 0 Å². The van der Waals surface area contributed by atoms with Gasteiger partial charge in [0.25, 0.3) is 0 Å². The quantitative estimate of drug-likeness (QED) is 0.465. The molecule has 0 saturated heterocycles. The molecule has 0 bridgehead atoms. The molecule has 1 aliphatic carbocycles. The third kappa shape index (κ3) is 6.07. The number of urea groups is 1. The van der Waals surface area contributed by atoms with Gasteiger partial charge in [-0.2, -0.15) is 0 Å². The van der Waals surface area contributed by atoms with E-state index in [9.17, 15) is 14.4 Å². The van der Waals surface area contributed by atoms with E-state index in [1.165, 1.54) is 13.5 Å². The van der Waals surface area contributed by atoms with Crippen molar-refractivity contribution in [1.82, 2.24) is 15.3 Å². The SMILES string of the molecule is CCN(CC(CC=O)OC)C(=O)N1Cc2ccccc2C[C@H]1C(=O)ONC1CCCCC1. The number of likely N-dealkylation sites (N-methyl/N-ethyl adjacent to an activating group) is 1. The lowest BCUT2D eigenvalue weighted by atomic mass is 9.94. The third-order valence-corrected chi connectivity index (χ3v) is 6.47. The molecular formula is C24H35N3O5. The number of nitrogens with zero attached hydrogens (tertiary/aromatic N) is 2. The molecule has 1 aromatic rings. The van der Waals surface area contributed by atoms with Crippen molar-refractivity contribution < 1.29 is 24.0 Å². The van der Waals surface area contributed by atoms with Crippen LogP contribution in [0.15, 0.2) is 24.3 Å². The van der Waals surface area contributed by atoms with Gasteiger partial charge in [-0.25, -0.2) is 9.59 Å². The first-order valence-electron chi connectivity index (χ1n) is 11.6. The fourth-order valence-corrected chi connectivity index (χ4v) is 4.49. The molecule has 32 heavy (non-hydrogen) atoms. The van der Waals surface area contributed by atoms with Crippen LogP contribution in [-0.4, -0.2) is 66.5 Å². The van der Waals surface area contributed by atoms with E-state index in [1.807, 2.05) is 31.2 Å². The number of rotatable bonds is 9. The number of carbonyl (C=O) groups is 3. The molecule has 176 valence electrons. The third-order valence-electron chi connectivity index (χ3n) is 6.47. The monoisotopic (exact) mass is 445 g/mol. The maximum atomic E-state index is 13.5. The van der Waals surface area contributed by atoms with Gasteiger partial charge in [0.2, 0.25) is 0 Å². The van der Waals surface area contributed by atoms with Crippen LogP contribution in [0.1, 0.15) is 56.6 Å². The molecule has 1 N–H and O–H groups in total. The summed E-state index contributed by atoms with van der Waals surface area (Å²) in [4.78, 5) is 46.2. The second kappa shape index (κ2) is 12.0. The first-order chi connectivity index (χ1) is 15.6. The van der Waals surface area contributed by atoms with Crippen LogP contribution in [0.5, 0.6) is 0 Å². The van der Waals surface area contributed by atoms with E-state index in [1.54, 1.807) is 9.80 Å². The van der Waals surface area contributed by atoms with Crippen LogP contribution in [0.2, 0.25) is 0 Å². The van der Waals surface area contributed by atoms with E-state index in [2.05, 4.69) is 5.48 Å². The van der Waals surface area contributed by atoms with E-state index < -0.39 is 12.0 Å². The summed E-state index contributed by atoms with van der Waals surface area (Å²) in [6.45, 7) is 2.93. The summed E-state index contributed by atoms with van der Waals surface area (Å²) in [5.74, 6) is -0.439. The number of ether oxygens (including phenoxy) is 1. The van der Waals surface area contributed by atoms with Gasteiger partial charge < -0.3 is 24.2 Å². The number of methoxy groups -OCH3 is 1. The van der Waals surface area contributed by atoms with Gasteiger partial charge in [-0.1, -0.05) is 43.5 Å². The zero-order chi connectivity index (χ0) is 22.9. The van der Waals surface area contributed by atoms with E-state index >= 15 is 0 Å². The Morgan fingerprint density at radius 1 is 1.22 bits per heavy atom. The number of hydroxylamine groups is 1. The zero-order valence-corrected chi connectivity index (χ0v) is 19.1. The van der Waals surface area contributed by atoms with Crippen molar-refractivity contribution in [3.05, 3.63) is 35.4 Å². The number of hydrogen-bond donors (Lipinski definition) is 1. The van der Waals surface area contributed by atoms with E-state index in [0.29, 0.717) is 19.5 Å². The standard InChI is InChI=1S/C24H35N3O5/c1-3-26(17-21(31-2)13-14-28)24(30)27-16-19-10-8-7-9-18(19)15-22(27)23(29)32-25-20-11-5-4-6-12-20/h7-10,14,20-22,25H,3-6,11-13,15-17H2,1-2H3/t21?,22-/m0/s1. The normalized spacial score (nSPS) is 19.7. The maximum Gasteiger partial charge on any atom is 0.347 e. The Kier molecular flexibility index (Phi) is 9.05. The van der Waals surface area contributed by atoms with Gasteiger partial charge in [-0.15, -0.1) is 5.48 Å². The lowest BCUT2D eigenvalue weighted by Crippen LogP contribution is -2.55. The Labute approximate surface area is 190 Å². The van der Waals surface area contributed by atoms with Crippen LogP contribution >= 0.6 is 0 Å². The summed E-state index contributed by atoms with van der Waals surface area (Å²) in [6.07, 6.45) is 6.48. The van der Waals surface area contributed by atoms with Crippen molar-refractivity contribution in [1.29, 1.82) is 0 Å². The van der Waals surface area contributed by atoms with Crippen LogP contribution in [0.4, 0.5) is 4.79 Å². The first-order valence-corrected chi connectivity index (χ1v) is 11.6. The largest absolute Gasteiger partial charge is 0.379 e. The van der Waals surface area contributed by atoms with E-state index in [0.717, 1.165) is 43.1 Å². The summed E-state index contributed by atoms with van der Waals surface area (Å²) in [5, 5.41) is 0. The molecule has 1 fully saturated rings. The number of hydrogen-bond acceptors (Lipinski definition) is 6. The summed E-state index contributed by atoms with van der Waals surface area (Å²) in [7, 11) is 1.53. The molecule has 0 aromatic heterocycles. The fraction of sp³-hybridized carbons (Fsp3) is 0.625. The van der Waals surface area contributed by atoms with Crippen molar-refractivity contribution in [2.45, 2.75) is 76.6 Å². The van der Waals surface area contributed by atoms with Crippen molar-refractivity contribution in [3.8, 4) is 0 Å². The maximum absolute atomic E-state index is 13.5. The van der Waals surface area contributed by atoms with Gasteiger partial charge in [0.05, 0.1) is 6.10 Å². The molecule has 3 rings (SSSR count). The average molecular weight is 446 g/mol. The Morgan fingerprint density at radius 2 is 1.94 bits per heavy atom. The highest BCUT2D eigenvalue weighted by atomic mass is 16.7. The molecule has 0 spiro atoms. The number of aldehydes is 1. The van der Waals surface area contributed by atoms with Gasteiger partial charge in [-0.05, 0) is 30.9 Å². The highest BCUT2D eigenvalue weighted by Crippen LogP contribution is 2.26. The molecule has 1 heterocycles. The molecule has 1 aromatic carbocycles. The number of benzene rings is 1. The Balaban J connectivity index is 1.75. The van der Waals surface area contributed by atoms with Crippen LogP contribution < -0.4 is 5.48 Å². The van der Waals surface area contributed by atoms with Crippen molar-refractivity contribution in [2.75, 3.05) is 20.2 Å². The summed E-state index contributed by atoms with van der Waals surface area (Å²) in [6, 6.07) is 7.06. The molecule has 1 saturated carbocycles. The van der Waals surface area contributed by atoms with E-state index in [-0.39, 0.29) is 31.1 Å². The molecular weight excluding hydrogens is 410 g/mol. The number of carbonyl (C=O) groups excluding carboxylic acids is 3. The fourth-order valence-electron chi connectivity index (χ4n) is 4.49. The molecule has 2 amide bonds. The molecule has 1 aliphatic heterocycles. The van der Waals surface area contributed by atoms with Gasteiger partial charge in [0.15, 0.2) is 0 Å². The number of fused-ring (bicyclic) bond motifs is 1. The highest BCUT2D eigenvalue weighted by Gasteiger charge is 2.38. The first kappa shape index (κ1) is 24.2. The minimum Gasteiger partial charge on any atom is -0.379 e. The Morgan fingerprint density at radius 3 is 2.59 bits per heavy atom. The molecule has 1 unspecified atom stereocenters. The summed E-state index contributed by atoms with van der Waals surface area (Å²) >= 11 is 0. The smallest absolute Gasteiger partial charge is 0.347 e. The second-order valence-corrected chi connectivity index (χ2v) is 8.57. The van der Waals surface area contributed by atoms with Crippen molar-refractivity contribution in [2.24, 2.45) is 0 Å². The van der Waals surface area contributed by atoms with Crippen LogP contribution in [0, 0.1) is 0 Å². The molecule has 0 radical (unpaired) electrons. The number of amides is 2. The highest BCUT2D eigenvalue weighted by molar-refractivity contribution is 5.84. The topological polar surface area (TPSA) is 88.2 Å². The Bertz CT molecular complexity index is 781. The van der Waals surface area contributed by atoms with Crippen molar-refractivity contribution >= 4 is 18.3 Å².